The summed E-state index contributed by atoms with van der Waals surface area (Å²) in [5.41, 5.74) is 2.22. The maximum atomic E-state index is 4.34. The van der Waals surface area contributed by atoms with Crippen molar-refractivity contribution in [2.75, 3.05) is 5.32 Å². The van der Waals surface area contributed by atoms with Crippen LogP contribution in [0.2, 0.25) is 0 Å². The lowest BCUT2D eigenvalue weighted by atomic mass is 9.93. The lowest BCUT2D eigenvalue weighted by Gasteiger charge is -2.27. The largest absolute Gasteiger partial charge is 0.382 e. The summed E-state index contributed by atoms with van der Waals surface area (Å²) in [5, 5.41) is 10.6. The third-order valence-electron chi connectivity index (χ3n) is 3.19. The molecule has 1 heterocycles. The second-order valence-electron chi connectivity index (χ2n) is 4.60. The fourth-order valence-electron chi connectivity index (χ4n) is 2.01. The number of benzene rings is 1. The van der Waals surface area contributed by atoms with Crippen molar-refractivity contribution >= 4 is 5.69 Å². The molecular weight excluding hydrogens is 212 g/mol. The van der Waals surface area contributed by atoms with E-state index in [1.165, 1.54) is 19.3 Å². The SMILES string of the molecule is Cc1nc(-c2cccc(NC3CCC3)c2)n[nH]1. The lowest BCUT2D eigenvalue weighted by molar-refractivity contribution is 0.445. The highest BCUT2D eigenvalue weighted by molar-refractivity contribution is 5.62. The van der Waals surface area contributed by atoms with Gasteiger partial charge in [-0.1, -0.05) is 12.1 Å². The molecule has 0 amide bonds. The Kier molecular flexibility index (Phi) is 2.55. The molecule has 0 saturated heterocycles. The van der Waals surface area contributed by atoms with Crippen molar-refractivity contribution in [3.05, 3.63) is 30.1 Å². The average Bonchev–Trinajstić information content (AvgIpc) is 2.71. The molecule has 3 rings (SSSR count). The quantitative estimate of drug-likeness (QED) is 0.849. The molecule has 1 fully saturated rings. The topological polar surface area (TPSA) is 53.6 Å². The Morgan fingerprint density at radius 3 is 2.88 bits per heavy atom. The Morgan fingerprint density at radius 2 is 2.24 bits per heavy atom. The molecule has 0 spiro atoms. The van der Waals surface area contributed by atoms with Crippen LogP contribution < -0.4 is 5.32 Å². The molecule has 17 heavy (non-hydrogen) atoms. The summed E-state index contributed by atoms with van der Waals surface area (Å²) in [7, 11) is 0. The summed E-state index contributed by atoms with van der Waals surface area (Å²) in [6.45, 7) is 1.91. The van der Waals surface area contributed by atoms with Gasteiger partial charge in [-0.2, -0.15) is 5.10 Å². The van der Waals surface area contributed by atoms with Crippen molar-refractivity contribution in [2.24, 2.45) is 0 Å². The van der Waals surface area contributed by atoms with Crippen LogP contribution in [0.3, 0.4) is 0 Å². The lowest BCUT2D eigenvalue weighted by Crippen LogP contribution is -2.26. The van der Waals surface area contributed by atoms with Crippen LogP contribution in [0.5, 0.6) is 0 Å². The van der Waals surface area contributed by atoms with Gasteiger partial charge >= 0.3 is 0 Å². The van der Waals surface area contributed by atoms with Crippen molar-refractivity contribution in [1.29, 1.82) is 0 Å². The van der Waals surface area contributed by atoms with Crippen molar-refractivity contribution in [3.8, 4) is 11.4 Å². The maximum Gasteiger partial charge on any atom is 0.181 e. The number of aromatic amines is 1. The second-order valence-corrected chi connectivity index (χ2v) is 4.60. The summed E-state index contributed by atoms with van der Waals surface area (Å²) in [6, 6.07) is 8.94. The van der Waals surface area contributed by atoms with Gasteiger partial charge in [-0.15, -0.1) is 0 Å². The Bertz CT molecular complexity index is 514. The van der Waals surface area contributed by atoms with E-state index in [4.69, 9.17) is 0 Å². The molecule has 0 bridgehead atoms. The number of anilines is 1. The van der Waals surface area contributed by atoms with Crippen LogP contribution in [-0.2, 0) is 0 Å². The first-order valence-corrected chi connectivity index (χ1v) is 6.07. The monoisotopic (exact) mass is 228 g/mol. The number of aromatic nitrogens is 3. The van der Waals surface area contributed by atoms with Gasteiger partial charge in [0.1, 0.15) is 5.82 Å². The predicted molar refractivity (Wildman–Crippen MR) is 67.8 cm³/mol. The van der Waals surface area contributed by atoms with Gasteiger partial charge in [0, 0.05) is 17.3 Å². The molecule has 88 valence electrons. The molecule has 2 N–H and O–H groups in total. The normalized spacial score (nSPS) is 15.6. The van der Waals surface area contributed by atoms with E-state index in [9.17, 15) is 0 Å². The number of H-pyrrole nitrogens is 1. The van der Waals surface area contributed by atoms with E-state index in [0.29, 0.717) is 6.04 Å². The molecular formula is C13H16N4. The van der Waals surface area contributed by atoms with E-state index < -0.39 is 0 Å². The van der Waals surface area contributed by atoms with E-state index in [-0.39, 0.29) is 0 Å². The molecule has 0 unspecified atom stereocenters. The number of nitrogens with one attached hydrogen (secondary N) is 2. The maximum absolute atomic E-state index is 4.34. The highest BCUT2D eigenvalue weighted by Gasteiger charge is 2.16. The first-order valence-electron chi connectivity index (χ1n) is 6.07. The smallest absolute Gasteiger partial charge is 0.181 e. The molecule has 1 saturated carbocycles. The molecule has 1 aromatic carbocycles. The molecule has 1 aliphatic carbocycles. The van der Waals surface area contributed by atoms with Gasteiger partial charge in [-0.25, -0.2) is 4.98 Å². The van der Waals surface area contributed by atoms with Gasteiger partial charge in [0.25, 0.3) is 0 Å². The van der Waals surface area contributed by atoms with Crippen LogP contribution in [0, 0.1) is 6.92 Å². The van der Waals surface area contributed by atoms with Gasteiger partial charge in [-0.05, 0) is 38.3 Å². The Hall–Kier alpha value is -1.84. The highest BCUT2D eigenvalue weighted by Crippen LogP contribution is 2.25. The van der Waals surface area contributed by atoms with Gasteiger partial charge in [0.15, 0.2) is 5.82 Å². The van der Waals surface area contributed by atoms with Gasteiger partial charge < -0.3 is 5.32 Å². The summed E-state index contributed by atoms with van der Waals surface area (Å²) in [6.07, 6.45) is 3.91. The van der Waals surface area contributed by atoms with E-state index in [2.05, 4.69) is 32.6 Å². The summed E-state index contributed by atoms with van der Waals surface area (Å²) in [5.74, 6) is 1.61. The zero-order valence-electron chi connectivity index (χ0n) is 9.90. The van der Waals surface area contributed by atoms with E-state index in [1.54, 1.807) is 0 Å². The minimum Gasteiger partial charge on any atom is -0.382 e. The van der Waals surface area contributed by atoms with Crippen LogP contribution >= 0.6 is 0 Å². The second kappa shape index (κ2) is 4.20. The molecule has 4 heteroatoms. The van der Waals surface area contributed by atoms with Crippen LogP contribution in [0.25, 0.3) is 11.4 Å². The Morgan fingerprint density at radius 1 is 1.35 bits per heavy atom. The number of rotatable bonds is 3. The zero-order valence-corrected chi connectivity index (χ0v) is 9.90. The number of aryl methyl sites for hydroxylation is 1. The van der Waals surface area contributed by atoms with Crippen molar-refractivity contribution < 1.29 is 0 Å². The van der Waals surface area contributed by atoms with Crippen LogP contribution in [0.1, 0.15) is 25.1 Å². The molecule has 4 nitrogen and oxygen atoms in total. The van der Waals surface area contributed by atoms with E-state index >= 15 is 0 Å². The van der Waals surface area contributed by atoms with Gasteiger partial charge in [-0.3, -0.25) is 5.10 Å². The van der Waals surface area contributed by atoms with Gasteiger partial charge in [0.2, 0.25) is 0 Å². The highest BCUT2D eigenvalue weighted by atomic mass is 15.2. The van der Waals surface area contributed by atoms with Crippen LogP contribution in [0.15, 0.2) is 24.3 Å². The van der Waals surface area contributed by atoms with E-state index in [1.807, 2.05) is 19.1 Å². The fourth-order valence-corrected chi connectivity index (χ4v) is 2.01. The van der Waals surface area contributed by atoms with Crippen molar-refractivity contribution in [3.63, 3.8) is 0 Å². The summed E-state index contributed by atoms with van der Waals surface area (Å²) < 4.78 is 0. The fraction of sp³-hybridized carbons (Fsp3) is 0.385. The number of hydrogen-bond donors (Lipinski definition) is 2. The third-order valence-corrected chi connectivity index (χ3v) is 3.19. The Labute approximate surface area is 100 Å². The summed E-state index contributed by atoms with van der Waals surface area (Å²) in [4.78, 5) is 4.34. The van der Waals surface area contributed by atoms with Crippen molar-refractivity contribution in [1.82, 2.24) is 15.2 Å². The minimum absolute atomic E-state index is 0.652. The molecule has 0 radical (unpaired) electrons. The zero-order chi connectivity index (χ0) is 11.7. The predicted octanol–water partition coefficient (Wildman–Crippen LogP) is 2.74. The molecule has 2 aromatic rings. The first-order chi connectivity index (χ1) is 8.31. The molecule has 1 aromatic heterocycles. The van der Waals surface area contributed by atoms with Crippen molar-refractivity contribution in [2.45, 2.75) is 32.2 Å². The standard InChI is InChI=1S/C13H16N4/c1-9-14-13(17-16-9)10-4-2-7-12(8-10)15-11-5-3-6-11/h2,4,7-8,11,15H,3,5-6H2,1H3,(H,14,16,17). The Balaban J connectivity index is 1.82. The molecule has 0 aliphatic heterocycles. The number of hydrogen-bond acceptors (Lipinski definition) is 3. The van der Waals surface area contributed by atoms with E-state index in [0.717, 1.165) is 22.9 Å². The minimum atomic E-state index is 0.652. The molecule has 1 aliphatic rings. The summed E-state index contributed by atoms with van der Waals surface area (Å²) >= 11 is 0. The van der Waals surface area contributed by atoms with Gasteiger partial charge in [0.05, 0.1) is 0 Å². The first kappa shape index (κ1) is 10.3. The molecule has 0 atom stereocenters. The third kappa shape index (κ3) is 2.16. The van der Waals surface area contributed by atoms with Crippen LogP contribution in [0.4, 0.5) is 5.69 Å². The average molecular weight is 228 g/mol. The number of nitrogens with zero attached hydrogens (tertiary/aromatic N) is 2. The van der Waals surface area contributed by atoms with Crippen LogP contribution in [-0.4, -0.2) is 21.2 Å².